The third-order valence-corrected chi connectivity index (χ3v) is 2.88. The molecule has 1 rings (SSSR count). The van der Waals surface area contributed by atoms with E-state index in [1.165, 1.54) is 0 Å². The van der Waals surface area contributed by atoms with Gasteiger partial charge < -0.3 is 9.47 Å². The van der Waals surface area contributed by atoms with E-state index in [1.807, 2.05) is 0 Å². The number of hydrogen-bond acceptors (Lipinski definition) is 4. The molecule has 0 bridgehead atoms. The highest BCUT2D eigenvalue weighted by molar-refractivity contribution is 5.73. The first-order chi connectivity index (χ1) is 9.80. The number of carbonyl (C=O) groups excluding carboxylic acids is 2. The molecule has 0 atom stereocenters. The second kappa shape index (κ2) is 7.81. The van der Waals surface area contributed by atoms with E-state index < -0.39 is 0 Å². The van der Waals surface area contributed by atoms with Crippen molar-refractivity contribution in [1.29, 1.82) is 0 Å². The molecular formula is C17H24O4. The smallest absolute Gasteiger partial charge is 0.311 e. The Morgan fingerprint density at radius 3 is 1.86 bits per heavy atom. The van der Waals surface area contributed by atoms with Crippen LogP contribution in [0.25, 0.3) is 0 Å². The average Bonchev–Trinajstić information content (AvgIpc) is 2.39. The molecule has 0 radical (unpaired) electrons. The number of benzene rings is 1. The summed E-state index contributed by atoms with van der Waals surface area (Å²) in [7, 11) is 0. The molecule has 0 aliphatic carbocycles. The highest BCUT2D eigenvalue weighted by Crippen LogP contribution is 2.22. The van der Waals surface area contributed by atoms with Gasteiger partial charge >= 0.3 is 11.9 Å². The van der Waals surface area contributed by atoms with Crippen LogP contribution >= 0.6 is 0 Å². The Bertz CT molecular complexity index is 469. The molecule has 1 aromatic rings. The Balaban J connectivity index is 2.41. The molecule has 0 spiro atoms. The number of ether oxygens (including phenoxy) is 2. The molecule has 0 aliphatic rings. The predicted molar refractivity (Wildman–Crippen MR) is 81.3 cm³/mol. The lowest BCUT2D eigenvalue weighted by Crippen LogP contribution is -2.11. The number of esters is 2. The molecule has 4 heteroatoms. The molecule has 0 unspecified atom stereocenters. The van der Waals surface area contributed by atoms with Crippen molar-refractivity contribution in [2.75, 3.05) is 0 Å². The van der Waals surface area contributed by atoms with Gasteiger partial charge in [-0.3, -0.25) is 9.59 Å². The summed E-state index contributed by atoms with van der Waals surface area (Å²) in [5.41, 5.74) is 0.227. The van der Waals surface area contributed by atoms with E-state index in [2.05, 4.69) is 20.8 Å². The molecular weight excluding hydrogens is 268 g/mol. The Hall–Kier alpha value is -1.84. The van der Waals surface area contributed by atoms with Crippen molar-refractivity contribution in [3.63, 3.8) is 0 Å². The second-order valence-corrected chi connectivity index (χ2v) is 6.19. The molecule has 4 nitrogen and oxygen atoms in total. The van der Waals surface area contributed by atoms with Crippen LogP contribution in [-0.2, 0) is 9.59 Å². The summed E-state index contributed by atoms with van der Waals surface area (Å²) in [6.07, 6.45) is 2.52. The van der Waals surface area contributed by atoms with Gasteiger partial charge in [0.15, 0.2) is 0 Å². The summed E-state index contributed by atoms with van der Waals surface area (Å²) in [5, 5.41) is 0. The average molecular weight is 292 g/mol. The van der Waals surface area contributed by atoms with Gasteiger partial charge in [-0.15, -0.1) is 0 Å². The fraction of sp³-hybridized carbons (Fsp3) is 0.529. The Kier molecular flexibility index (Phi) is 6.40. The maximum Gasteiger partial charge on any atom is 0.311 e. The number of hydrogen-bond donors (Lipinski definition) is 0. The van der Waals surface area contributed by atoms with Gasteiger partial charge in [-0.25, -0.2) is 0 Å². The minimum Gasteiger partial charge on any atom is -0.427 e. The summed E-state index contributed by atoms with van der Waals surface area (Å²) in [6, 6.07) is 6.48. The number of carbonyl (C=O) groups is 2. The maximum absolute atomic E-state index is 11.7. The van der Waals surface area contributed by atoms with Gasteiger partial charge in [-0.05, 0) is 42.5 Å². The Morgan fingerprint density at radius 2 is 1.43 bits per heavy atom. The fourth-order valence-electron chi connectivity index (χ4n) is 1.72. The molecule has 0 aromatic heterocycles. The Morgan fingerprint density at radius 1 is 0.952 bits per heavy atom. The quantitative estimate of drug-likeness (QED) is 0.584. The monoisotopic (exact) mass is 292 g/mol. The van der Waals surface area contributed by atoms with Crippen molar-refractivity contribution in [1.82, 2.24) is 0 Å². The van der Waals surface area contributed by atoms with Gasteiger partial charge in [0.2, 0.25) is 0 Å². The first kappa shape index (κ1) is 17.2. The zero-order chi connectivity index (χ0) is 15.9. The van der Waals surface area contributed by atoms with Crippen molar-refractivity contribution in [2.24, 2.45) is 5.41 Å². The van der Waals surface area contributed by atoms with Gasteiger partial charge in [0.05, 0.1) is 0 Å². The van der Waals surface area contributed by atoms with Crippen molar-refractivity contribution >= 4 is 11.9 Å². The summed E-state index contributed by atoms with van der Waals surface area (Å²) >= 11 is 0. The first-order valence-electron chi connectivity index (χ1n) is 7.31. The molecule has 0 aliphatic heterocycles. The lowest BCUT2D eigenvalue weighted by molar-refractivity contribution is -0.135. The summed E-state index contributed by atoms with van der Waals surface area (Å²) in [6.45, 7) is 8.17. The van der Waals surface area contributed by atoms with Crippen LogP contribution in [0, 0.1) is 5.41 Å². The molecule has 0 N–H and O–H groups in total. The van der Waals surface area contributed by atoms with E-state index in [0.717, 1.165) is 12.8 Å². The topological polar surface area (TPSA) is 52.6 Å². The molecule has 0 heterocycles. The van der Waals surface area contributed by atoms with Gasteiger partial charge in [0.25, 0.3) is 0 Å². The first-order valence-corrected chi connectivity index (χ1v) is 7.31. The normalized spacial score (nSPS) is 11.0. The van der Waals surface area contributed by atoms with Crippen LogP contribution in [0.1, 0.15) is 53.4 Å². The highest BCUT2D eigenvalue weighted by Gasteiger charge is 2.12. The highest BCUT2D eigenvalue weighted by atomic mass is 16.5. The summed E-state index contributed by atoms with van der Waals surface area (Å²) < 4.78 is 10.3. The third kappa shape index (κ3) is 7.49. The van der Waals surface area contributed by atoms with E-state index in [9.17, 15) is 9.59 Å². The molecule has 0 saturated heterocycles. The minimum absolute atomic E-state index is 0.227. The standard InChI is InChI=1S/C17H24O4/c1-5-15(18)20-13-8-10-14(11-9-13)21-16(19)7-6-12-17(2,3)4/h8-11H,5-7,12H2,1-4H3. The molecule has 21 heavy (non-hydrogen) atoms. The molecule has 1 aromatic carbocycles. The van der Waals surface area contributed by atoms with Crippen LogP contribution in [0.15, 0.2) is 24.3 Å². The Labute approximate surface area is 126 Å². The molecule has 0 fully saturated rings. The summed E-state index contributed by atoms with van der Waals surface area (Å²) in [5.74, 6) is 0.390. The van der Waals surface area contributed by atoms with E-state index in [4.69, 9.17) is 9.47 Å². The van der Waals surface area contributed by atoms with Crippen LogP contribution in [0.4, 0.5) is 0 Å². The van der Waals surface area contributed by atoms with Crippen LogP contribution in [0.2, 0.25) is 0 Å². The largest absolute Gasteiger partial charge is 0.427 e. The lowest BCUT2D eigenvalue weighted by atomic mass is 9.90. The van der Waals surface area contributed by atoms with Gasteiger partial charge in [0.1, 0.15) is 11.5 Å². The fourth-order valence-corrected chi connectivity index (χ4v) is 1.72. The van der Waals surface area contributed by atoms with E-state index in [-0.39, 0.29) is 17.4 Å². The molecule has 0 amide bonds. The van der Waals surface area contributed by atoms with Gasteiger partial charge in [0, 0.05) is 12.8 Å². The lowest BCUT2D eigenvalue weighted by Gasteiger charge is -2.17. The van der Waals surface area contributed by atoms with Crippen LogP contribution in [-0.4, -0.2) is 11.9 Å². The van der Waals surface area contributed by atoms with Crippen molar-refractivity contribution in [3.8, 4) is 11.5 Å². The van der Waals surface area contributed by atoms with Crippen LogP contribution < -0.4 is 9.47 Å². The molecule has 116 valence electrons. The van der Waals surface area contributed by atoms with Gasteiger partial charge in [-0.1, -0.05) is 27.7 Å². The second-order valence-electron chi connectivity index (χ2n) is 6.19. The third-order valence-electron chi connectivity index (χ3n) is 2.88. The molecule has 0 saturated carbocycles. The van der Waals surface area contributed by atoms with Crippen molar-refractivity contribution in [2.45, 2.75) is 53.4 Å². The van der Waals surface area contributed by atoms with Crippen molar-refractivity contribution < 1.29 is 19.1 Å². The van der Waals surface area contributed by atoms with Gasteiger partial charge in [-0.2, -0.15) is 0 Å². The van der Waals surface area contributed by atoms with E-state index in [1.54, 1.807) is 31.2 Å². The zero-order valence-corrected chi connectivity index (χ0v) is 13.3. The van der Waals surface area contributed by atoms with Crippen molar-refractivity contribution in [3.05, 3.63) is 24.3 Å². The predicted octanol–water partition coefficient (Wildman–Crippen LogP) is 4.12. The van der Waals surface area contributed by atoms with Crippen LogP contribution in [0.3, 0.4) is 0 Å². The SMILES string of the molecule is CCC(=O)Oc1ccc(OC(=O)CCCC(C)(C)C)cc1. The maximum atomic E-state index is 11.7. The minimum atomic E-state index is -0.290. The zero-order valence-electron chi connectivity index (χ0n) is 13.3. The van der Waals surface area contributed by atoms with Crippen LogP contribution in [0.5, 0.6) is 11.5 Å². The van der Waals surface area contributed by atoms with E-state index >= 15 is 0 Å². The van der Waals surface area contributed by atoms with E-state index in [0.29, 0.717) is 24.3 Å². The summed E-state index contributed by atoms with van der Waals surface area (Å²) in [4.78, 5) is 22.8. The number of rotatable bonds is 6.